The molecule has 1 amide bonds. The number of para-hydroxylation sites is 1. The largest absolute Gasteiger partial charge is 0.361 e. The van der Waals surface area contributed by atoms with Gasteiger partial charge in [-0.1, -0.05) is 31.2 Å². The lowest BCUT2D eigenvalue weighted by atomic mass is 10.2. The Bertz CT molecular complexity index is 561. The van der Waals surface area contributed by atoms with Gasteiger partial charge >= 0.3 is 0 Å². The average Bonchev–Trinajstić information content (AvgIpc) is 2.93. The van der Waals surface area contributed by atoms with Crippen molar-refractivity contribution in [3.63, 3.8) is 0 Å². The molecular formula is C19H28N2O2. The van der Waals surface area contributed by atoms with E-state index in [1.54, 1.807) is 6.08 Å². The lowest BCUT2D eigenvalue weighted by molar-refractivity contribution is -0.114. The second-order valence-corrected chi connectivity index (χ2v) is 6.85. The number of anilines is 1. The molecule has 1 atom stereocenters. The van der Waals surface area contributed by atoms with E-state index in [0.717, 1.165) is 25.1 Å². The molecule has 126 valence electrons. The number of hydrogen-bond donors (Lipinski definition) is 1. The molecule has 1 aromatic rings. The van der Waals surface area contributed by atoms with Gasteiger partial charge in [0.25, 0.3) is 5.91 Å². The molecule has 1 unspecified atom stereocenters. The van der Waals surface area contributed by atoms with E-state index >= 15 is 0 Å². The highest BCUT2D eigenvalue weighted by Crippen LogP contribution is 2.27. The Hall–Kier alpha value is -1.65. The highest BCUT2D eigenvalue weighted by molar-refractivity contribution is 6.02. The van der Waals surface area contributed by atoms with Crippen molar-refractivity contribution in [2.75, 3.05) is 18.2 Å². The van der Waals surface area contributed by atoms with Gasteiger partial charge < -0.3 is 9.64 Å². The van der Waals surface area contributed by atoms with Crippen LogP contribution >= 0.6 is 0 Å². The van der Waals surface area contributed by atoms with Crippen molar-refractivity contribution in [1.29, 1.82) is 0 Å². The van der Waals surface area contributed by atoms with Gasteiger partial charge in [0, 0.05) is 24.4 Å². The molecule has 1 heterocycles. The van der Waals surface area contributed by atoms with Crippen LogP contribution in [-0.2, 0) is 16.0 Å². The van der Waals surface area contributed by atoms with Crippen LogP contribution < -0.4 is 10.2 Å². The minimum absolute atomic E-state index is 0.0481. The molecule has 0 radical (unpaired) electrons. The monoisotopic (exact) mass is 316 g/mol. The predicted octanol–water partition coefficient (Wildman–Crippen LogP) is 3.27. The van der Waals surface area contributed by atoms with Crippen molar-refractivity contribution in [3.8, 4) is 0 Å². The zero-order chi connectivity index (χ0) is 16.9. The van der Waals surface area contributed by atoms with Gasteiger partial charge in [0.2, 0.25) is 0 Å². The van der Waals surface area contributed by atoms with Crippen molar-refractivity contribution in [2.24, 2.45) is 0 Å². The first kappa shape index (κ1) is 17.7. The molecule has 0 bridgehead atoms. The molecule has 2 rings (SSSR count). The normalized spacial score (nSPS) is 15.9. The number of rotatable bonds is 6. The first-order valence-corrected chi connectivity index (χ1v) is 8.35. The van der Waals surface area contributed by atoms with Crippen molar-refractivity contribution < 1.29 is 9.53 Å². The lowest BCUT2D eigenvalue weighted by Crippen LogP contribution is -2.34. The van der Waals surface area contributed by atoms with Crippen LogP contribution in [0.1, 0.15) is 39.7 Å². The Labute approximate surface area is 139 Å². The van der Waals surface area contributed by atoms with E-state index in [1.807, 2.05) is 49.9 Å². The maximum atomic E-state index is 12.4. The molecule has 1 N–H and O–H groups in total. The average molecular weight is 316 g/mol. The predicted molar refractivity (Wildman–Crippen MR) is 94.6 cm³/mol. The minimum atomic E-state index is -0.163. The summed E-state index contributed by atoms with van der Waals surface area (Å²) in [7, 11) is 0. The molecule has 0 aliphatic carbocycles. The van der Waals surface area contributed by atoms with Crippen molar-refractivity contribution in [3.05, 3.63) is 42.0 Å². The van der Waals surface area contributed by atoms with Crippen LogP contribution in [0.2, 0.25) is 0 Å². The van der Waals surface area contributed by atoms with Gasteiger partial charge in [-0.05, 0) is 45.2 Å². The van der Waals surface area contributed by atoms with Crippen molar-refractivity contribution in [1.82, 2.24) is 5.32 Å². The first-order chi connectivity index (χ1) is 10.9. The maximum absolute atomic E-state index is 12.4. The lowest BCUT2D eigenvalue weighted by Gasteiger charge is -2.22. The van der Waals surface area contributed by atoms with Crippen LogP contribution in [0.4, 0.5) is 5.69 Å². The van der Waals surface area contributed by atoms with Gasteiger partial charge in [0.05, 0.1) is 12.3 Å². The number of ether oxygens (including phenoxy) is 1. The molecule has 0 saturated carbocycles. The first-order valence-electron chi connectivity index (χ1n) is 8.35. The molecular weight excluding hydrogens is 288 g/mol. The van der Waals surface area contributed by atoms with Gasteiger partial charge in [-0.25, -0.2) is 0 Å². The fraction of sp³-hybridized carbons (Fsp3) is 0.526. The number of carbonyl (C=O) groups is 1. The van der Waals surface area contributed by atoms with Crippen LogP contribution in [0, 0.1) is 0 Å². The van der Waals surface area contributed by atoms with E-state index in [-0.39, 0.29) is 17.6 Å². The molecule has 1 aliphatic rings. The molecule has 1 aromatic carbocycles. The third kappa shape index (κ3) is 5.19. The molecule has 23 heavy (non-hydrogen) atoms. The summed E-state index contributed by atoms with van der Waals surface area (Å²) in [5, 5.41) is 3.31. The van der Waals surface area contributed by atoms with Crippen LogP contribution in [0.5, 0.6) is 0 Å². The van der Waals surface area contributed by atoms with E-state index in [0.29, 0.717) is 6.73 Å². The van der Waals surface area contributed by atoms with E-state index in [2.05, 4.69) is 18.3 Å². The summed E-state index contributed by atoms with van der Waals surface area (Å²) in [6.45, 7) is 9.42. The second kappa shape index (κ2) is 7.75. The van der Waals surface area contributed by atoms with Gasteiger partial charge in [-0.2, -0.15) is 0 Å². The number of fused-ring (bicyclic) bond motifs is 1. The Balaban J connectivity index is 1.90. The van der Waals surface area contributed by atoms with E-state index < -0.39 is 0 Å². The smallest absolute Gasteiger partial charge is 0.250 e. The van der Waals surface area contributed by atoms with Gasteiger partial charge in [0.15, 0.2) is 0 Å². The summed E-state index contributed by atoms with van der Waals surface area (Å²) in [4.78, 5) is 14.3. The molecule has 0 fully saturated rings. The quantitative estimate of drug-likeness (QED) is 0.647. The Morgan fingerprint density at radius 3 is 2.83 bits per heavy atom. The number of hydrogen-bond acceptors (Lipinski definition) is 3. The number of nitrogens with one attached hydrogen (secondary N) is 1. The Kier molecular flexibility index (Phi) is 5.97. The second-order valence-electron chi connectivity index (χ2n) is 6.85. The molecule has 0 saturated heterocycles. The summed E-state index contributed by atoms with van der Waals surface area (Å²) in [6, 6.07) is 8.25. The summed E-state index contributed by atoms with van der Waals surface area (Å²) < 4.78 is 5.67. The van der Waals surface area contributed by atoms with Gasteiger partial charge in [-0.15, -0.1) is 0 Å². The highest BCUT2D eigenvalue weighted by atomic mass is 16.5. The number of nitrogens with zero attached hydrogens (tertiary/aromatic N) is 1. The number of amides is 1. The van der Waals surface area contributed by atoms with E-state index in [4.69, 9.17) is 4.74 Å². The van der Waals surface area contributed by atoms with Crippen LogP contribution in [-0.4, -0.2) is 30.8 Å². The van der Waals surface area contributed by atoms with E-state index in [1.165, 1.54) is 5.56 Å². The summed E-state index contributed by atoms with van der Waals surface area (Å²) in [5.41, 5.74) is 2.13. The maximum Gasteiger partial charge on any atom is 0.250 e. The summed E-state index contributed by atoms with van der Waals surface area (Å²) in [6.07, 6.45) is 5.47. The molecule has 4 nitrogen and oxygen atoms in total. The molecule has 4 heteroatoms. The fourth-order valence-corrected chi connectivity index (χ4v) is 2.57. The van der Waals surface area contributed by atoms with E-state index in [9.17, 15) is 4.79 Å². The molecule has 1 aliphatic heterocycles. The third-order valence-corrected chi connectivity index (χ3v) is 3.91. The summed E-state index contributed by atoms with van der Waals surface area (Å²) in [5.74, 6) is 0.0481. The topological polar surface area (TPSA) is 41.6 Å². The standard InChI is InChI=1S/C19H28N2O2/c1-5-16(20-14-23-19(2,3)4)10-11-18(22)21-13-12-15-8-6-7-9-17(15)21/h6-11,16,20H,5,12-14H2,1-4H3. The van der Waals surface area contributed by atoms with Gasteiger partial charge in [0.1, 0.15) is 0 Å². The Morgan fingerprint density at radius 2 is 2.13 bits per heavy atom. The van der Waals surface area contributed by atoms with Crippen molar-refractivity contribution >= 4 is 11.6 Å². The van der Waals surface area contributed by atoms with Crippen LogP contribution in [0.15, 0.2) is 36.4 Å². The van der Waals surface area contributed by atoms with Crippen molar-refractivity contribution in [2.45, 2.75) is 52.2 Å². The van der Waals surface area contributed by atoms with Crippen LogP contribution in [0.3, 0.4) is 0 Å². The number of benzene rings is 1. The van der Waals surface area contributed by atoms with Gasteiger partial charge in [-0.3, -0.25) is 10.1 Å². The Morgan fingerprint density at radius 1 is 1.39 bits per heavy atom. The minimum Gasteiger partial charge on any atom is -0.361 e. The highest BCUT2D eigenvalue weighted by Gasteiger charge is 2.22. The van der Waals surface area contributed by atoms with Crippen LogP contribution in [0.25, 0.3) is 0 Å². The SMILES string of the molecule is CCC(C=CC(=O)N1CCc2ccccc21)NCOC(C)(C)C. The summed E-state index contributed by atoms with van der Waals surface area (Å²) >= 11 is 0. The zero-order valence-corrected chi connectivity index (χ0v) is 14.6. The third-order valence-electron chi connectivity index (χ3n) is 3.91. The number of carbonyl (C=O) groups excluding carboxylic acids is 1. The molecule has 0 aromatic heterocycles. The zero-order valence-electron chi connectivity index (χ0n) is 14.6. The fourth-order valence-electron chi connectivity index (χ4n) is 2.57. The molecule has 0 spiro atoms.